The Balaban J connectivity index is 1.32. The molecule has 19 heteroatoms. The Hall–Kier alpha value is -2.77. The number of hydrogen-bond acceptors (Lipinski definition) is 18. The van der Waals surface area contributed by atoms with E-state index >= 15 is 0 Å². The molecule has 0 spiro atoms. The van der Waals surface area contributed by atoms with Gasteiger partial charge in [-0.25, -0.2) is 0 Å². The minimum Gasteiger partial charge on any atom is -0.394 e. The summed E-state index contributed by atoms with van der Waals surface area (Å²) in [6.07, 6.45) is 33.6. The molecule has 86 heavy (non-hydrogen) atoms. The number of amides is 1. The van der Waals surface area contributed by atoms with Crippen molar-refractivity contribution < 1.29 is 89.4 Å². The summed E-state index contributed by atoms with van der Waals surface area (Å²) in [7, 11) is 0. The standard InChI is InChI=1S/C67H117NO18/c1-3-5-7-9-11-13-14-15-16-17-18-19-20-21-22-23-24-25-26-27-28-29-30-31-32-33-34-35-36-37-39-41-43-45-55(73)68-50(51(72)44-42-40-38-12-10-8-6-4-2)49-81-65-61(79)58(76)63(53(47-70)83-65)86-67-62(80)59(77)64(54(48-71)84-67)85-66-60(78)57(75)56(74)52(46-69)82-66/h5,7,11,13,15-16,18-19,21-22,42,44,50-54,56-67,69-72,74-80H,3-4,6,8-10,12,14,17,20,23-41,43,45-49H2,1-2H3,(H,68,73)/b7-5-,13-11-,16-15-,19-18-,22-21-,44-42+. The Morgan fingerprint density at radius 3 is 1.26 bits per heavy atom. The first-order chi connectivity index (χ1) is 41.8. The van der Waals surface area contributed by atoms with Crippen molar-refractivity contribution in [3.63, 3.8) is 0 Å². The van der Waals surface area contributed by atoms with E-state index in [4.69, 9.17) is 28.4 Å². The summed E-state index contributed by atoms with van der Waals surface area (Å²) in [4.78, 5) is 13.3. The molecule has 3 heterocycles. The highest BCUT2D eigenvalue weighted by molar-refractivity contribution is 5.76. The van der Waals surface area contributed by atoms with Crippen LogP contribution in [-0.4, -0.2) is 193 Å². The SMILES string of the molecule is CC/C=C\C/C=C\C/C=C\C/C=C\C/C=C\CCCCCCCCCCCCCCCCCCCC(=O)NC(COC1OC(CO)C(OC2OC(CO)C(OC3OC(CO)C(O)C(O)C3O)C(O)C2O)C(O)C1O)C(O)/C=C/CCCCCCCC. The van der Waals surface area contributed by atoms with Crippen LogP contribution in [0.5, 0.6) is 0 Å². The maximum Gasteiger partial charge on any atom is 0.220 e. The monoisotopic (exact) mass is 1220 g/mol. The number of unbranched alkanes of at least 4 members (excludes halogenated alkanes) is 23. The third-order valence-electron chi connectivity index (χ3n) is 16.3. The number of carbonyl (C=O) groups excluding carboxylic acids is 1. The van der Waals surface area contributed by atoms with Gasteiger partial charge in [0.1, 0.15) is 73.2 Å². The quantitative estimate of drug-likeness (QED) is 0.0204. The van der Waals surface area contributed by atoms with Gasteiger partial charge in [-0.3, -0.25) is 4.79 Å². The highest BCUT2D eigenvalue weighted by Gasteiger charge is 2.53. The van der Waals surface area contributed by atoms with Gasteiger partial charge >= 0.3 is 0 Å². The first-order valence-corrected chi connectivity index (χ1v) is 33.2. The van der Waals surface area contributed by atoms with Gasteiger partial charge in [0.05, 0.1) is 38.6 Å². The van der Waals surface area contributed by atoms with E-state index in [-0.39, 0.29) is 18.9 Å². The molecule has 0 aromatic rings. The van der Waals surface area contributed by atoms with Gasteiger partial charge < -0.3 is 89.9 Å². The lowest BCUT2D eigenvalue weighted by molar-refractivity contribution is -0.379. The van der Waals surface area contributed by atoms with Crippen LogP contribution in [0.15, 0.2) is 72.9 Å². The molecule has 17 atom stereocenters. The molecule has 498 valence electrons. The molecule has 0 saturated carbocycles. The zero-order chi connectivity index (χ0) is 62.6. The van der Waals surface area contributed by atoms with E-state index in [9.17, 15) is 61.0 Å². The summed E-state index contributed by atoms with van der Waals surface area (Å²) in [5, 5.41) is 120. The summed E-state index contributed by atoms with van der Waals surface area (Å²) in [6, 6.07) is -0.972. The maximum atomic E-state index is 13.3. The fourth-order valence-electron chi connectivity index (χ4n) is 10.9. The summed E-state index contributed by atoms with van der Waals surface area (Å²) in [5.41, 5.74) is 0. The first kappa shape index (κ1) is 77.5. The van der Waals surface area contributed by atoms with Crippen molar-refractivity contribution in [2.24, 2.45) is 0 Å². The molecule has 0 aromatic carbocycles. The van der Waals surface area contributed by atoms with Crippen LogP contribution in [0.2, 0.25) is 0 Å². The number of allylic oxidation sites excluding steroid dienone is 11. The van der Waals surface area contributed by atoms with Crippen molar-refractivity contribution in [1.82, 2.24) is 5.32 Å². The predicted octanol–water partition coefficient (Wildman–Crippen LogP) is 7.77. The van der Waals surface area contributed by atoms with Gasteiger partial charge in [-0.15, -0.1) is 0 Å². The minimum absolute atomic E-state index is 0.241. The second kappa shape index (κ2) is 49.0. The lowest BCUT2D eigenvalue weighted by Crippen LogP contribution is -2.66. The molecule has 0 aromatic heterocycles. The van der Waals surface area contributed by atoms with Crippen LogP contribution in [0.3, 0.4) is 0 Å². The molecule has 12 N–H and O–H groups in total. The number of carbonyl (C=O) groups is 1. The van der Waals surface area contributed by atoms with Crippen molar-refractivity contribution in [2.75, 3.05) is 26.4 Å². The smallest absolute Gasteiger partial charge is 0.220 e. The molecule has 0 bridgehead atoms. The number of aliphatic hydroxyl groups excluding tert-OH is 11. The van der Waals surface area contributed by atoms with Crippen molar-refractivity contribution in [2.45, 2.75) is 317 Å². The van der Waals surface area contributed by atoms with E-state index in [2.05, 4.69) is 79.9 Å². The topological polar surface area (TPSA) is 307 Å². The van der Waals surface area contributed by atoms with Crippen molar-refractivity contribution >= 4 is 5.91 Å². The Morgan fingerprint density at radius 1 is 0.430 bits per heavy atom. The van der Waals surface area contributed by atoms with Crippen molar-refractivity contribution in [1.29, 1.82) is 0 Å². The Kier molecular flexibility index (Phi) is 44.1. The van der Waals surface area contributed by atoms with Gasteiger partial charge in [0.15, 0.2) is 18.9 Å². The minimum atomic E-state index is -1.98. The van der Waals surface area contributed by atoms with E-state index in [0.717, 1.165) is 83.5 Å². The van der Waals surface area contributed by atoms with Crippen LogP contribution in [0.4, 0.5) is 0 Å². The van der Waals surface area contributed by atoms with Crippen LogP contribution < -0.4 is 5.32 Å². The number of rotatable bonds is 49. The molecule has 3 saturated heterocycles. The highest BCUT2D eigenvalue weighted by Crippen LogP contribution is 2.33. The van der Waals surface area contributed by atoms with Crippen LogP contribution in [0.25, 0.3) is 0 Å². The van der Waals surface area contributed by atoms with Crippen molar-refractivity contribution in [3.8, 4) is 0 Å². The average molecular weight is 1220 g/mol. The van der Waals surface area contributed by atoms with E-state index < -0.39 is 124 Å². The summed E-state index contributed by atoms with van der Waals surface area (Å²) >= 11 is 0. The Bertz CT molecular complexity index is 1850. The molecule has 19 nitrogen and oxygen atoms in total. The second-order valence-corrected chi connectivity index (χ2v) is 23.6. The molecule has 0 radical (unpaired) electrons. The van der Waals surface area contributed by atoms with Crippen LogP contribution in [0, 0.1) is 0 Å². The van der Waals surface area contributed by atoms with E-state index in [1.54, 1.807) is 6.08 Å². The largest absolute Gasteiger partial charge is 0.394 e. The van der Waals surface area contributed by atoms with Crippen LogP contribution >= 0.6 is 0 Å². The molecular formula is C67H117NO18. The molecule has 3 rings (SSSR count). The highest BCUT2D eigenvalue weighted by atomic mass is 16.8. The van der Waals surface area contributed by atoms with E-state index in [1.807, 2.05) is 6.08 Å². The molecule has 3 aliphatic rings. The third-order valence-corrected chi connectivity index (χ3v) is 16.3. The van der Waals surface area contributed by atoms with Gasteiger partial charge in [0.2, 0.25) is 5.91 Å². The lowest BCUT2D eigenvalue weighted by Gasteiger charge is -2.48. The van der Waals surface area contributed by atoms with Gasteiger partial charge in [0.25, 0.3) is 0 Å². The first-order valence-electron chi connectivity index (χ1n) is 33.2. The van der Waals surface area contributed by atoms with Crippen molar-refractivity contribution in [3.05, 3.63) is 72.9 Å². The molecule has 3 aliphatic heterocycles. The number of ether oxygens (including phenoxy) is 6. The average Bonchev–Trinajstić information content (AvgIpc) is 3.55. The Labute approximate surface area is 515 Å². The molecule has 0 aliphatic carbocycles. The fourth-order valence-corrected chi connectivity index (χ4v) is 10.9. The molecular weight excluding hydrogens is 1110 g/mol. The molecule has 17 unspecified atom stereocenters. The third kappa shape index (κ3) is 31.3. The zero-order valence-electron chi connectivity index (χ0n) is 52.3. The van der Waals surface area contributed by atoms with Gasteiger partial charge in [-0.1, -0.05) is 215 Å². The van der Waals surface area contributed by atoms with Gasteiger partial charge in [0, 0.05) is 6.42 Å². The lowest BCUT2D eigenvalue weighted by atomic mass is 9.96. The Morgan fingerprint density at radius 2 is 0.802 bits per heavy atom. The van der Waals surface area contributed by atoms with Crippen LogP contribution in [0.1, 0.15) is 213 Å². The van der Waals surface area contributed by atoms with Gasteiger partial charge in [-0.2, -0.15) is 0 Å². The van der Waals surface area contributed by atoms with Crippen LogP contribution in [-0.2, 0) is 33.2 Å². The predicted molar refractivity (Wildman–Crippen MR) is 332 cm³/mol. The summed E-state index contributed by atoms with van der Waals surface area (Å²) in [6.45, 7) is 1.55. The maximum absolute atomic E-state index is 13.3. The fraction of sp³-hybridized carbons (Fsp3) is 0.806. The summed E-state index contributed by atoms with van der Waals surface area (Å²) < 4.78 is 34.2. The van der Waals surface area contributed by atoms with E-state index in [1.165, 1.54) is 103 Å². The number of nitrogens with one attached hydrogen (secondary N) is 1. The summed E-state index contributed by atoms with van der Waals surface area (Å²) in [5.74, 6) is -0.280. The number of aliphatic hydroxyl groups is 11. The molecule has 1 amide bonds. The molecule has 3 fully saturated rings. The number of hydrogen-bond donors (Lipinski definition) is 12. The van der Waals surface area contributed by atoms with E-state index in [0.29, 0.717) is 6.42 Å². The van der Waals surface area contributed by atoms with Gasteiger partial charge in [-0.05, 0) is 64.2 Å². The zero-order valence-corrected chi connectivity index (χ0v) is 52.3. The second-order valence-electron chi connectivity index (χ2n) is 23.6. The normalized spacial score (nSPS) is 29.2.